The third-order valence-electron chi connectivity index (χ3n) is 3.90. The van der Waals surface area contributed by atoms with Gasteiger partial charge in [-0.2, -0.15) is 4.98 Å². The lowest BCUT2D eigenvalue weighted by molar-refractivity contribution is 0.468. The van der Waals surface area contributed by atoms with E-state index in [4.69, 9.17) is 0 Å². The van der Waals surface area contributed by atoms with Gasteiger partial charge in [-0.3, -0.25) is 0 Å². The van der Waals surface area contributed by atoms with Gasteiger partial charge in [0.25, 0.3) is 0 Å². The number of aromatic nitrogens is 2. The minimum Gasteiger partial charge on any atom is -0.357 e. The van der Waals surface area contributed by atoms with Crippen molar-refractivity contribution in [1.82, 2.24) is 9.97 Å². The average Bonchev–Trinajstić information content (AvgIpc) is 2.45. The quantitative estimate of drug-likeness (QED) is 0.913. The fraction of sp³-hybridized carbons (Fsp3) is 0.467. The Morgan fingerprint density at radius 3 is 2.53 bits per heavy atom. The number of para-hydroxylation sites is 1. The van der Waals surface area contributed by atoms with E-state index < -0.39 is 0 Å². The van der Waals surface area contributed by atoms with E-state index >= 15 is 0 Å². The molecule has 0 amide bonds. The summed E-state index contributed by atoms with van der Waals surface area (Å²) in [5.41, 5.74) is 1.03. The lowest BCUT2D eigenvalue weighted by Crippen LogP contribution is -2.41. The second kappa shape index (κ2) is 5.03. The predicted octanol–water partition coefficient (Wildman–Crippen LogP) is 3.30. The van der Waals surface area contributed by atoms with Crippen molar-refractivity contribution >= 4 is 22.7 Å². The lowest BCUT2D eigenvalue weighted by Gasteiger charge is -2.36. The summed E-state index contributed by atoms with van der Waals surface area (Å²) in [5.74, 6) is 1.63. The number of anilines is 2. The fourth-order valence-corrected chi connectivity index (χ4v) is 1.95. The van der Waals surface area contributed by atoms with Crippen molar-refractivity contribution in [3.05, 3.63) is 24.3 Å². The second-order valence-electron chi connectivity index (χ2n) is 5.36. The predicted molar refractivity (Wildman–Crippen MR) is 81.9 cm³/mol. The van der Waals surface area contributed by atoms with Crippen molar-refractivity contribution in [3.63, 3.8) is 0 Å². The highest BCUT2D eigenvalue weighted by Crippen LogP contribution is 2.30. The van der Waals surface area contributed by atoms with Gasteiger partial charge >= 0.3 is 0 Å². The smallest absolute Gasteiger partial charge is 0.224 e. The zero-order chi connectivity index (χ0) is 14.0. The minimum absolute atomic E-state index is 0.0577. The molecule has 1 N–H and O–H groups in total. The van der Waals surface area contributed by atoms with Crippen molar-refractivity contribution in [2.45, 2.75) is 32.7 Å². The van der Waals surface area contributed by atoms with Crippen LogP contribution in [-0.2, 0) is 0 Å². The Bertz CT molecular complexity index is 577. The van der Waals surface area contributed by atoms with Crippen LogP contribution in [0.15, 0.2) is 24.3 Å². The van der Waals surface area contributed by atoms with Crippen LogP contribution in [0.5, 0.6) is 0 Å². The zero-order valence-corrected chi connectivity index (χ0v) is 12.4. The number of benzene rings is 1. The Labute approximate surface area is 114 Å². The molecule has 0 spiro atoms. The van der Waals surface area contributed by atoms with E-state index in [1.54, 1.807) is 0 Å². The molecule has 0 aliphatic carbocycles. The maximum atomic E-state index is 4.64. The number of nitrogens with one attached hydrogen (secondary N) is 1. The molecule has 4 heteroatoms. The first kappa shape index (κ1) is 13.6. The summed E-state index contributed by atoms with van der Waals surface area (Å²) in [6.07, 6.45) is 1.05. The van der Waals surface area contributed by atoms with Crippen molar-refractivity contribution < 1.29 is 0 Å². The number of rotatable bonds is 4. The first-order valence-corrected chi connectivity index (χ1v) is 6.68. The van der Waals surface area contributed by atoms with E-state index in [-0.39, 0.29) is 5.54 Å². The number of hydrogen-bond donors (Lipinski definition) is 1. The van der Waals surface area contributed by atoms with Crippen molar-refractivity contribution in [3.8, 4) is 0 Å². The van der Waals surface area contributed by atoms with Gasteiger partial charge in [0, 0.05) is 25.0 Å². The molecule has 0 saturated carbocycles. The molecule has 0 atom stereocenters. The molecule has 0 fully saturated rings. The molecule has 2 rings (SSSR count). The van der Waals surface area contributed by atoms with Gasteiger partial charge in [-0.05, 0) is 32.4 Å². The Balaban J connectivity index is 2.64. The number of hydrogen-bond acceptors (Lipinski definition) is 4. The molecule has 0 aliphatic rings. The van der Waals surface area contributed by atoms with Crippen LogP contribution in [0.4, 0.5) is 11.8 Å². The van der Waals surface area contributed by atoms with Gasteiger partial charge in [-0.15, -0.1) is 0 Å². The first-order chi connectivity index (χ1) is 8.99. The van der Waals surface area contributed by atoms with E-state index in [0.717, 1.165) is 23.1 Å². The summed E-state index contributed by atoms with van der Waals surface area (Å²) < 4.78 is 0. The van der Waals surface area contributed by atoms with Gasteiger partial charge in [0.05, 0.1) is 5.52 Å². The molecule has 1 aromatic carbocycles. The van der Waals surface area contributed by atoms with Gasteiger partial charge in [0.15, 0.2) is 0 Å². The standard InChI is InChI=1S/C15H22N4/c1-6-15(2,3)19(5)13-11-9-7-8-10-12(11)17-14(16-4)18-13/h7-10H,6H2,1-5H3,(H,16,17,18). The number of fused-ring (bicyclic) bond motifs is 1. The number of nitrogens with zero attached hydrogens (tertiary/aromatic N) is 3. The van der Waals surface area contributed by atoms with Crippen LogP contribution < -0.4 is 10.2 Å². The third-order valence-corrected chi connectivity index (χ3v) is 3.90. The van der Waals surface area contributed by atoms with Crippen molar-refractivity contribution in [2.75, 3.05) is 24.3 Å². The molecule has 0 radical (unpaired) electrons. The minimum atomic E-state index is 0.0577. The van der Waals surface area contributed by atoms with Crippen LogP contribution in [0.2, 0.25) is 0 Å². The van der Waals surface area contributed by atoms with Crippen molar-refractivity contribution in [1.29, 1.82) is 0 Å². The summed E-state index contributed by atoms with van der Waals surface area (Å²) in [4.78, 5) is 11.4. The highest BCUT2D eigenvalue weighted by atomic mass is 15.2. The summed E-state index contributed by atoms with van der Waals surface area (Å²) >= 11 is 0. The molecule has 2 aromatic rings. The summed E-state index contributed by atoms with van der Waals surface area (Å²) in [6, 6.07) is 8.13. The Hall–Kier alpha value is -1.84. The monoisotopic (exact) mass is 258 g/mol. The molecule has 0 saturated heterocycles. The van der Waals surface area contributed by atoms with Crippen LogP contribution in [0.1, 0.15) is 27.2 Å². The lowest BCUT2D eigenvalue weighted by atomic mass is 9.99. The largest absolute Gasteiger partial charge is 0.357 e. The zero-order valence-electron chi connectivity index (χ0n) is 12.4. The van der Waals surface area contributed by atoms with E-state index in [1.165, 1.54) is 0 Å². The fourth-order valence-electron chi connectivity index (χ4n) is 1.95. The van der Waals surface area contributed by atoms with Crippen LogP contribution in [-0.4, -0.2) is 29.6 Å². The molecule has 4 nitrogen and oxygen atoms in total. The summed E-state index contributed by atoms with van der Waals surface area (Å²) in [6.45, 7) is 6.64. The van der Waals surface area contributed by atoms with Crippen LogP contribution >= 0.6 is 0 Å². The molecule has 1 aromatic heterocycles. The molecule has 0 unspecified atom stereocenters. The van der Waals surface area contributed by atoms with Gasteiger partial charge in [-0.25, -0.2) is 4.98 Å². The first-order valence-electron chi connectivity index (χ1n) is 6.68. The SMILES string of the molecule is CCC(C)(C)N(C)c1nc(NC)nc2ccccc12. The molecule has 0 aliphatic heterocycles. The van der Waals surface area contributed by atoms with Crippen LogP contribution in [0, 0.1) is 0 Å². The maximum Gasteiger partial charge on any atom is 0.224 e. The molecular formula is C15H22N4. The van der Waals surface area contributed by atoms with E-state index in [9.17, 15) is 0 Å². The Morgan fingerprint density at radius 2 is 1.89 bits per heavy atom. The molecular weight excluding hydrogens is 236 g/mol. The molecule has 19 heavy (non-hydrogen) atoms. The molecule has 1 heterocycles. The normalized spacial score (nSPS) is 11.6. The summed E-state index contributed by atoms with van der Waals surface area (Å²) in [5, 5.41) is 4.12. The second-order valence-corrected chi connectivity index (χ2v) is 5.36. The topological polar surface area (TPSA) is 41.1 Å². The van der Waals surface area contributed by atoms with Gasteiger partial charge in [0.2, 0.25) is 5.95 Å². The van der Waals surface area contributed by atoms with E-state index in [1.807, 2.05) is 25.2 Å². The molecule has 0 bridgehead atoms. The Morgan fingerprint density at radius 1 is 1.21 bits per heavy atom. The highest BCUT2D eigenvalue weighted by molar-refractivity contribution is 5.90. The maximum absolute atomic E-state index is 4.64. The van der Waals surface area contributed by atoms with Crippen LogP contribution in [0.25, 0.3) is 10.9 Å². The van der Waals surface area contributed by atoms with Gasteiger partial charge < -0.3 is 10.2 Å². The van der Waals surface area contributed by atoms with E-state index in [2.05, 4.69) is 54.1 Å². The molecule has 102 valence electrons. The highest BCUT2D eigenvalue weighted by Gasteiger charge is 2.24. The average molecular weight is 258 g/mol. The van der Waals surface area contributed by atoms with Gasteiger partial charge in [-0.1, -0.05) is 19.1 Å². The third kappa shape index (κ3) is 2.48. The summed E-state index contributed by atoms with van der Waals surface area (Å²) in [7, 11) is 3.94. The Kier molecular flexibility index (Phi) is 3.60. The van der Waals surface area contributed by atoms with E-state index in [0.29, 0.717) is 5.95 Å². The van der Waals surface area contributed by atoms with Crippen molar-refractivity contribution in [2.24, 2.45) is 0 Å². The van der Waals surface area contributed by atoms with Gasteiger partial charge in [0.1, 0.15) is 5.82 Å². The van der Waals surface area contributed by atoms with Crippen LogP contribution in [0.3, 0.4) is 0 Å².